The van der Waals surface area contributed by atoms with Gasteiger partial charge in [0.05, 0.1) is 25.1 Å². The lowest BCUT2D eigenvalue weighted by Gasteiger charge is -2.42. The zero-order chi connectivity index (χ0) is 31.3. The highest BCUT2D eigenvalue weighted by Crippen LogP contribution is 2.35. The molecule has 4 atom stereocenters. The van der Waals surface area contributed by atoms with E-state index >= 15 is 0 Å². The second-order valence-electron chi connectivity index (χ2n) is 18.3. The fraction of sp³-hybridized carbons (Fsp3) is 0.971. The fourth-order valence-corrected chi connectivity index (χ4v) is 5.38. The van der Waals surface area contributed by atoms with E-state index in [1.807, 2.05) is 6.34 Å². The summed E-state index contributed by atoms with van der Waals surface area (Å²) in [6, 6.07) is 1.81. The van der Waals surface area contributed by atoms with Crippen LogP contribution in [-0.2, 0) is 4.74 Å². The van der Waals surface area contributed by atoms with Crippen molar-refractivity contribution in [1.29, 1.82) is 0 Å². The monoisotopic (exact) mass is 565 g/mol. The first-order chi connectivity index (χ1) is 17.8. The van der Waals surface area contributed by atoms with Crippen molar-refractivity contribution in [2.75, 3.05) is 32.8 Å². The molecule has 5 nitrogen and oxygen atoms in total. The highest BCUT2D eigenvalue weighted by Gasteiger charge is 2.35. The van der Waals surface area contributed by atoms with E-state index in [1.54, 1.807) is 0 Å². The summed E-state index contributed by atoms with van der Waals surface area (Å²) in [5.41, 5.74) is 1.66. The molecule has 0 amide bonds. The summed E-state index contributed by atoms with van der Waals surface area (Å²) in [6.45, 7) is 44.1. The molecule has 40 heavy (non-hydrogen) atoms. The maximum Gasteiger partial charge on any atom is 0.0859 e. The quantitative estimate of drug-likeness (QED) is 0.349. The predicted molar refractivity (Wildman–Crippen MR) is 178 cm³/mol. The molecule has 1 N–H and O–H groups in total. The smallest absolute Gasteiger partial charge is 0.0859 e. The van der Waals surface area contributed by atoms with Crippen LogP contribution in [0.1, 0.15) is 131 Å². The molecule has 238 valence electrons. The lowest BCUT2D eigenvalue weighted by atomic mass is 9.72. The van der Waals surface area contributed by atoms with Crippen LogP contribution in [0.5, 0.6) is 0 Å². The van der Waals surface area contributed by atoms with Gasteiger partial charge in [-0.3, -0.25) is 9.89 Å². The van der Waals surface area contributed by atoms with Crippen LogP contribution in [0, 0.1) is 27.6 Å². The maximum absolute atomic E-state index is 5.78. The normalized spacial score (nSPS) is 27.2. The second-order valence-corrected chi connectivity index (χ2v) is 18.3. The van der Waals surface area contributed by atoms with Crippen LogP contribution in [-0.4, -0.2) is 78.7 Å². The Morgan fingerprint density at radius 3 is 1.65 bits per heavy atom. The Balaban J connectivity index is 0.000000300. The number of aliphatic imine (C=N–C) groups is 1. The Bertz CT molecular complexity index is 703. The van der Waals surface area contributed by atoms with E-state index in [-0.39, 0.29) is 16.4 Å². The molecule has 0 aliphatic carbocycles. The second kappa shape index (κ2) is 14.2. The number of hydrogen-bond donors (Lipinski definition) is 1. The molecular weight excluding hydrogens is 492 g/mol. The van der Waals surface area contributed by atoms with Crippen LogP contribution >= 0.6 is 0 Å². The fourth-order valence-electron chi connectivity index (χ4n) is 5.38. The van der Waals surface area contributed by atoms with Crippen molar-refractivity contribution >= 4 is 6.34 Å². The van der Waals surface area contributed by atoms with E-state index in [1.165, 1.54) is 19.4 Å². The third-order valence-corrected chi connectivity index (χ3v) is 9.10. The minimum Gasteiger partial charge on any atom is -0.375 e. The van der Waals surface area contributed by atoms with Gasteiger partial charge in [0.25, 0.3) is 0 Å². The Labute approximate surface area is 251 Å². The molecule has 0 saturated carbocycles. The molecule has 0 aromatic rings. The van der Waals surface area contributed by atoms with E-state index in [4.69, 9.17) is 4.74 Å². The van der Waals surface area contributed by atoms with Gasteiger partial charge in [-0.05, 0) is 81.6 Å². The largest absolute Gasteiger partial charge is 0.375 e. The van der Waals surface area contributed by atoms with Crippen LogP contribution in [0.4, 0.5) is 0 Å². The minimum absolute atomic E-state index is 0.212. The third-order valence-electron chi connectivity index (χ3n) is 9.10. The van der Waals surface area contributed by atoms with Crippen LogP contribution in [0.2, 0.25) is 0 Å². The molecule has 3 heterocycles. The molecule has 0 spiro atoms. The highest BCUT2D eigenvalue weighted by molar-refractivity contribution is 5.59. The van der Waals surface area contributed by atoms with E-state index in [0.29, 0.717) is 35.1 Å². The predicted octanol–water partition coefficient (Wildman–Crippen LogP) is 8.13. The molecule has 2 fully saturated rings. The standard InChI is InChI=1S/C13H27N.C11H22N2.C11H23NO/c1-12(2,3)10-7-8-11(14-9-10)13(4,5)6;1-10(2,3)9-7-13(8-12-9)11(4,5)6;1-9(2)12-6-7-13-10(8-12)11(3,4)5/h10-11,14H,7-9H2,1-6H3;8-9H,7H2,1-6H3;9-10H,6-8H2,1-5H3. The van der Waals surface area contributed by atoms with E-state index in [9.17, 15) is 0 Å². The molecule has 3 rings (SSSR count). The van der Waals surface area contributed by atoms with Crippen molar-refractivity contribution in [3.8, 4) is 0 Å². The molecule has 4 unspecified atom stereocenters. The first-order valence-electron chi connectivity index (χ1n) is 16.2. The van der Waals surface area contributed by atoms with Crippen LogP contribution in [0.3, 0.4) is 0 Å². The lowest BCUT2D eigenvalue weighted by molar-refractivity contribution is -0.0866. The molecule has 0 aromatic carbocycles. The van der Waals surface area contributed by atoms with Gasteiger partial charge in [-0.2, -0.15) is 0 Å². The zero-order valence-electron chi connectivity index (χ0n) is 30.2. The number of morpholine rings is 1. The molecule has 5 heteroatoms. The zero-order valence-corrected chi connectivity index (χ0v) is 30.2. The molecular formula is C35H72N4O. The van der Waals surface area contributed by atoms with Gasteiger partial charge < -0.3 is 15.0 Å². The van der Waals surface area contributed by atoms with Gasteiger partial charge >= 0.3 is 0 Å². The summed E-state index contributed by atoms with van der Waals surface area (Å²) in [4.78, 5) is 9.38. The van der Waals surface area contributed by atoms with Gasteiger partial charge in [0, 0.05) is 37.3 Å². The number of piperidine rings is 1. The summed E-state index contributed by atoms with van der Waals surface area (Å²) in [5, 5.41) is 3.72. The Morgan fingerprint density at radius 1 is 0.750 bits per heavy atom. The van der Waals surface area contributed by atoms with Crippen molar-refractivity contribution in [3.05, 3.63) is 0 Å². The van der Waals surface area contributed by atoms with Gasteiger partial charge in [-0.15, -0.1) is 0 Å². The number of hydrogen-bond acceptors (Lipinski definition) is 5. The highest BCUT2D eigenvalue weighted by atomic mass is 16.5. The molecule has 0 bridgehead atoms. The van der Waals surface area contributed by atoms with Gasteiger partial charge in [-0.25, -0.2) is 0 Å². The summed E-state index contributed by atoms with van der Waals surface area (Å²) in [6.07, 6.45) is 5.13. The van der Waals surface area contributed by atoms with Crippen LogP contribution < -0.4 is 5.32 Å². The Hall–Kier alpha value is -0.650. The molecule has 3 aliphatic rings. The van der Waals surface area contributed by atoms with Crippen molar-refractivity contribution in [1.82, 2.24) is 15.1 Å². The number of rotatable bonds is 1. The van der Waals surface area contributed by atoms with E-state index in [2.05, 4.69) is 138 Å². The molecule has 0 radical (unpaired) electrons. The van der Waals surface area contributed by atoms with Crippen LogP contribution in [0.25, 0.3) is 0 Å². The van der Waals surface area contributed by atoms with Crippen molar-refractivity contribution in [3.63, 3.8) is 0 Å². The van der Waals surface area contributed by atoms with Crippen molar-refractivity contribution in [2.24, 2.45) is 32.6 Å². The van der Waals surface area contributed by atoms with Gasteiger partial charge in [0.2, 0.25) is 0 Å². The van der Waals surface area contributed by atoms with Crippen molar-refractivity contribution in [2.45, 2.75) is 160 Å². The van der Waals surface area contributed by atoms with Crippen LogP contribution in [0.15, 0.2) is 4.99 Å². The number of nitrogens with zero attached hydrogens (tertiary/aromatic N) is 3. The Morgan fingerprint density at radius 2 is 1.32 bits per heavy atom. The Kier molecular flexibility index (Phi) is 13.3. The van der Waals surface area contributed by atoms with E-state index < -0.39 is 0 Å². The summed E-state index contributed by atoms with van der Waals surface area (Å²) >= 11 is 0. The first kappa shape index (κ1) is 37.4. The van der Waals surface area contributed by atoms with Crippen molar-refractivity contribution < 1.29 is 4.74 Å². The summed E-state index contributed by atoms with van der Waals surface area (Å²) in [7, 11) is 0. The van der Waals surface area contributed by atoms with Gasteiger partial charge in [0.1, 0.15) is 0 Å². The van der Waals surface area contributed by atoms with Gasteiger partial charge in [-0.1, -0.05) is 83.1 Å². The summed E-state index contributed by atoms with van der Waals surface area (Å²) < 4.78 is 5.78. The number of ether oxygens (including phenoxy) is 1. The average Bonchev–Trinajstić information content (AvgIpc) is 3.30. The number of nitrogens with one attached hydrogen (secondary N) is 1. The topological polar surface area (TPSA) is 40.1 Å². The molecule has 0 aromatic heterocycles. The SMILES string of the molecule is CC(C)(C)C1CCC(C(C)(C)C)NC1.CC(C)(C)C1CN(C(C)(C)C)C=N1.CC(C)N1CCOC(C(C)(C)C)C1. The maximum atomic E-state index is 5.78. The third kappa shape index (κ3) is 12.7. The lowest BCUT2D eigenvalue weighted by Crippen LogP contribution is -2.50. The average molecular weight is 565 g/mol. The molecule has 2 saturated heterocycles. The van der Waals surface area contributed by atoms with Gasteiger partial charge in [0.15, 0.2) is 0 Å². The molecule has 3 aliphatic heterocycles. The van der Waals surface area contributed by atoms with E-state index in [0.717, 1.165) is 32.2 Å². The minimum atomic E-state index is 0.212. The first-order valence-corrected chi connectivity index (χ1v) is 16.2. The summed E-state index contributed by atoms with van der Waals surface area (Å²) in [5.74, 6) is 0.848.